The molecule has 0 bridgehead atoms. The first-order valence-corrected chi connectivity index (χ1v) is 10.6. The minimum absolute atomic E-state index is 0.184. The molecule has 2 aromatic heterocycles. The SMILES string of the molecule is Cc1cc(C#N)cc(S(C)=O)c1NC(=O)c1cc(Br)nn1-c1ncccc1Cl. The number of nitrogens with one attached hydrogen (secondary N) is 1. The molecule has 0 aliphatic rings. The predicted molar refractivity (Wildman–Crippen MR) is 110 cm³/mol. The molecule has 28 heavy (non-hydrogen) atoms. The van der Waals surface area contributed by atoms with E-state index in [1.807, 2.05) is 6.07 Å². The zero-order chi connectivity index (χ0) is 20.4. The maximum atomic E-state index is 13.0. The van der Waals surface area contributed by atoms with Crippen LogP contribution in [0.15, 0.2) is 46.0 Å². The van der Waals surface area contributed by atoms with Crippen LogP contribution in [0.2, 0.25) is 5.02 Å². The predicted octanol–water partition coefficient (Wildman–Crippen LogP) is 3.85. The molecule has 0 spiro atoms. The third kappa shape index (κ3) is 3.99. The van der Waals surface area contributed by atoms with Gasteiger partial charge in [0.15, 0.2) is 5.82 Å². The Bertz CT molecular complexity index is 1160. The summed E-state index contributed by atoms with van der Waals surface area (Å²) in [5, 5.41) is 16.5. The van der Waals surface area contributed by atoms with Gasteiger partial charge in [0.05, 0.1) is 38.0 Å². The number of amides is 1. The molecule has 1 unspecified atom stereocenters. The number of nitriles is 1. The Morgan fingerprint density at radius 2 is 2.14 bits per heavy atom. The van der Waals surface area contributed by atoms with E-state index in [1.54, 1.807) is 31.3 Å². The summed E-state index contributed by atoms with van der Waals surface area (Å²) in [5.74, 6) is -0.185. The lowest BCUT2D eigenvalue weighted by Crippen LogP contribution is -2.19. The number of aromatic nitrogens is 3. The lowest BCUT2D eigenvalue weighted by atomic mass is 10.1. The number of hydrogen-bond donors (Lipinski definition) is 1. The van der Waals surface area contributed by atoms with Gasteiger partial charge in [-0.2, -0.15) is 10.4 Å². The zero-order valence-electron chi connectivity index (χ0n) is 14.7. The van der Waals surface area contributed by atoms with E-state index in [1.165, 1.54) is 23.1 Å². The van der Waals surface area contributed by atoms with Crippen LogP contribution < -0.4 is 5.32 Å². The first kappa shape index (κ1) is 20.2. The zero-order valence-corrected chi connectivity index (χ0v) is 17.9. The molecular weight excluding hydrogens is 466 g/mol. The lowest BCUT2D eigenvalue weighted by molar-refractivity contribution is 0.101. The van der Waals surface area contributed by atoms with Crippen molar-refractivity contribution in [1.29, 1.82) is 5.26 Å². The fraction of sp³-hybridized carbons (Fsp3) is 0.111. The van der Waals surface area contributed by atoms with Gasteiger partial charge in [-0.05, 0) is 52.7 Å². The molecule has 3 aromatic rings. The molecule has 0 saturated carbocycles. The number of halogens is 2. The highest BCUT2D eigenvalue weighted by atomic mass is 79.9. The summed E-state index contributed by atoms with van der Waals surface area (Å²) in [5.41, 5.74) is 1.57. The molecule has 1 atom stereocenters. The van der Waals surface area contributed by atoms with Crippen molar-refractivity contribution in [1.82, 2.24) is 14.8 Å². The molecule has 1 N–H and O–H groups in total. The van der Waals surface area contributed by atoms with Crippen LogP contribution in [0, 0.1) is 18.3 Å². The minimum Gasteiger partial charge on any atom is -0.319 e. The Morgan fingerprint density at radius 1 is 1.39 bits per heavy atom. The monoisotopic (exact) mass is 477 g/mol. The Hall–Kier alpha value is -2.54. The second kappa shape index (κ2) is 8.22. The van der Waals surface area contributed by atoms with Crippen molar-refractivity contribution in [2.45, 2.75) is 11.8 Å². The quantitative estimate of drug-likeness (QED) is 0.614. The number of hydrogen-bond acceptors (Lipinski definition) is 5. The van der Waals surface area contributed by atoms with Crippen LogP contribution in [0.5, 0.6) is 0 Å². The lowest BCUT2D eigenvalue weighted by Gasteiger charge is -2.14. The standard InChI is InChI=1S/C18H13BrClN5O2S/c1-10-6-11(9-21)7-14(28(2)27)16(10)23-18(26)13-8-15(19)24-25(13)17-12(20)4-3-5-22-17/h3-8H,1-2H3,(H,23,26). The third-order valence-corrected chi connectivity index (χ3v) is 5.45. The minimum atomic E-state index is -1.41. The Balaban J connectivity index is 2.06. The fourth-order valence-corrected chi connectivity index (χ4v) is 3.96. The van der Waals surface area contributed by atoms with Gasteiger partial charge in [0.2, 0.25) is 0 Å². The first-order chi connectivity index (χ1) is 13.3. The molecule has 7 nitrogen and oxygen atoms in total. The van der Waals surface area contributed by atoms with Crippen LogP contribution >= 0.6 is 27.5 Å². The number of anilines is 1. The highest BCUT2D eigenvalue weighted by Crippen LogP contribution is 2.27. The molecular formula is C18H13BrClN5O2S. The van der Waals surface area contributed by atoms with E-state index in [4.69, 9.17) is 16.9 Å². The summed E-state index contributed by atoms with van der Waals surface area (Å²) in [7, 11) is -1.41. The molecule has 0 aliphatic heterocycles. The van der Waals surface area contributed by atoms with Gasteiger partial charge in [0, 0.05) is 18.5 Å². The van der Waals surface area contributed by atoms with E-state index in [-0.39, 0.29) is 5.69 Å². The van der Waals surface area contributed by atoms with Crippen molar-refractivity contribution in [2.75, 3.05) is 11.6 Å². The molecule has 0 saturated heterocycles. The van der Waals surface area contributed by atoms with Gasteiger partial charge in [-0.25, -0.2) is 9.67 Å². The smallest absolute Gasteiger partial charge is 0.274 e. The maximum Gasteiger partial charge on any atom is 0.274 e. The topological polar surface area (TPSA) is 101 Å². The molecule has 0 radical (unpaired) electrons. The number of pyridine rings is 1. The van der Waals surface area contributed by atoms with Crippen LogP contribution in [-0.4, -0.2) is 31.1 Å². The van der Waals surface area contributed by atoms with Gasteiger partial charge in [-0.1, -0.05) is 11.6 Å². The Kier molecular flexibility index (Phi) is 5.93. The first-order valence-electron chi connectivity index (χ1n) is 7.87. The summed E-state index contributed by atoms with van der Waals surface area (Å²) in [4.78, 5) is 17.5. The summed E-state index contributed by atoms with van der Waals surface area (Å²) in [6.07, 6.45) is 3.03. The highest BCUT2D eigenvalue weighted by Gasteiger charge is 2.21. The largest absolute Gasteiger partial charge is 0.319 e. The molecule has 142 valence electrons. The normalized spacial score (nSPS) is 11.7. The number of nitrogens with zero attached hydrogens (tertiary/aromatic N) is 4. The average Bonchev–Trinajstić information content (AvgIpc) is 3.04. The molecule has 2 heterocycles. The summed E-state index contributed by atoms with van der Waals surface area (Å²) < 4.78 is 13.9. The second-order valence-corrected chi connectivity index (χ2v) is 8.33. The average molecular weight is 479 g/mol. The fourth-order valence-electron chi connectivity index (χ4n) is 2.59. The van der Waals surface area contributed by atoms with E-state index in [9.17, 15) is 9.00 Å². The molecule has 1 aromatic carbocycles. The van der Waals surface area contributed by atoms with Crippen molar-refractivity contribution >= 4 is 49.9 Å². The van der Waals surface area contributed by atoms with Crippen molar-refractivity contribution in [2.24, 2.45) is 0 Å². The van der Waals surface area contributed by atoms with Crippen molar-refractivity contribution in [3.8, 4) is 11.9 Å². The van der Waals surface area contributed by atoms with Gasteiger partial charge < -0.3 is 5.32 Å². The highest BCUT2D eigenvalue weighted by molar-refractivity contribution is 9.10. The number of benzene rings is 1. The van der Waals surface area contributed by atoms with Crippen LogP contribution in [0.25, 0.3) is 5.82 Å². The van der Waals surface area contributed by atoms with Crippen LogP contribution in [0.4, 0.5) is 5.69 Å². The van der Waals surface area contributed by atoms with E-state index >= 15 is 0 Å². The van der Waals surface area contributed by atoms with Crippen LogP contribution in [-0.2, 0) is 10.8 Å². The number of carbonyl (C=O) groups excluding carboxylic acids is 1. The van der Waals surface area contributed by atoms with Gasteiger partial charge in [-0.15, -0.1) is 0 Å². The molecule has 10 heteroatoms. The van der Waals surface area contributed by atoms with Gasteiger partial charge in [0.1, 0.15) is 10.3 Å². The number of carbonyl (C=O) groups is 1. The van der Waals surface area contributed by atoms with Crippen LogP contribution in [0.1, 0.15) is 21.6 Å². The van der Waals surface area contributed by atoms with Crippen molar-refractivity contribution in [3.63, 3.8) is 0 Å². The van der Waals surface area contributed by atoms with Gasteiger partial charge in [-0.3, -0.25) is 9.00 Å². The van der Waals surface area contributed by atoms with E-state index in [2.05, 4.69) is 31.3 Å². The van der Waals surface area contributed by atoms with E-state index in [0.29, 0.717) is 37.2 Å². The van der Waals surface area contributed by atoms with Gasteiger partial charge >= 0.3 is 0 Å². The van der Waals surface area contributed by atoms with Crippen molar-refractivity contribution in [3.05, 3.63) is 63.0 Å². The van der Waals surface area contributed by atoms with E-state index in [0.717, 1.165) is 0 Å². The maximum absolute atomic E-state index is 13.0. The molecule has 1 amide bonds. The van der Waals surface area contributed by atoms with Crippen molar-refractivity contribution < 1.29 is 9.00 Å². The van der Waals surface area contributed by atoms with E-state index < -0.39 is 16.7 Å². The summed E-state index contributed by atoms with van der Waals surface area (Å²) in [6.45, 7) is 1.73. The second-order valence-electron chi connectivity index (χ2n) is 5.76. The number of rotatable bonds is 4. The molecule has 3 rings (SSSR count). The molecule has 0 aliphatic carbocycles. The molecule has 0 fully saturated rings. The number of aryl methyl sites for hydroxylation is 1. The Labute approximate surface area is 176 Å². The Morgan fingerprint density at radius 3 is 2.79 bits per heavy atom. The summed E-state index contributed by atoms with van der Waals surface area (Å²) in [6, 6.07) is 9.99. The third-order valence-electron chi connectivity index (χ3n) is 3.83. The summed E-state index contributed by atoms with van der Waals surface area (Å²) >= 11 is 9.45. The van der Waals surface area contributed by atoms with Crippen LogP contribution in [0.3, 0.4) is 0 Å². The van der Waals surface area contributed by atoms with Gasteiger partial charge in [0.25, 0.3) is 5.91 Å².